The van der Waals surface area contributed by atoms with Gasteiger partial charge in [-0.15, -0.1) is 0 Å². The molecule has 23 heavy (non-hydrogen) atoms. The molecular formula is C18H28FN3O. The van der Waals surface area contributed by atoms with Crippen molar-refractivity contribution < 1.29 is 9.50 Å². The van der Waals surface area contributed by atoms with Crippen molar-refractivity contribution >= 4 is 5.96 Å². The van der Waals surface area contributed by atoms with Gasteiger partial charge in [0.15, 0.2) is 5.96 Å². The molecular weight excluding hydrogens is 293 g/mol. The maximum Gasteiger partial charge on any atom is 0.191 e. The van der Waals surface area contributed by atoms with Gasteiger partial charge < -0.3 is 15.7 Å². The summed E-state index contributed by atoms with van der Waals surface area (Å²) in [6, 6.07) is 5.93. The van der Waals surface area contributed by atoms with E-state index in [2.05, 4.69) is 22.5 Å². The van der Waals surface area contributed by atoms with Crippen LogP contribution in [0.3, 0.4) is 0 Å². The zero-order valence-electron chi connectivity index (χ0n) is 14.1. The number of halogens is 1. The topological polar surface area (TPSA) is 56.7 Å². The number of rotatable bonds is 7. The molecule has 1 atom stereocenters. The van der Waals surface area contributed by atoms with Crippen LogP contribution in [0.25, 0.3) is 0 Å². The molecule has 0 aliphatic heterocycles. The van der Waals surface area contributed by atoms with Crippen molar-refractivity contribution in [3.63, 3.8) is 0 Å². The quantitative estimate of drug-likeness (QED) is 0.534. The number of guanidine groups is 1. The van der Waals surface area contributed by atoms with Crippen LogP contribution in [0.4, 0.5) is 4.39 Å². The lowest BCUT2D eigenvalue weighted by atomic mass is 9.67. The van der Waals surface area contributed by atoms with Crippen LogP contribution in [0.5, 0.6) is 0 Å². The Morgan fingerprint density at radius 1 is 1.26 bits per heavy atom. The van der Waals surface area contributed by atoms with Crippen LogP contribution in [-0.4, -0.2) is 30.7 Å². The Kier molecular flexibility index (Phi) is 6.39. The molecule has 1 aromatic carbocycles. The highest BCUT2D eigenvalue weighted by molar-refractivity contribution is 5.79. The highest BCUT2D eigenvalue weighted by Crippen LogP contribution is 2.43. The molecule has 1 unspecified atom stereocenters. The van der Waals surface area contributed by atoms with Gasteiger partial charge in [-0.25, -0.2) is 4.39 Å². The first-order valence-corrected chi connectivity index (χ1v) is 8.54. The second kappa shape index (κ2) is 8.29. The molecule has 0 aromatic heterocycles. The second-order valence-corrected chi connectivity index (χ2v) is 6.35. The molecule has 4 nitrogen and oxygen atoms in total. The van der Waals surface area contributed by atoms with Gasteiger partial charge in [-0.2, -0.15) is 0 Å². The van der Waals surface area contributed by atoms with Crippen molar-refractivity contribution in [1.82, 2.24) is 10.6 Å². The van der Waals surface area contributed by atoms with Gasteiger partial charge in [0.1, 0.15) is 5.82 Å². The minimum absolute atomic E-state index is 0.297. The number of aliphatic imine (C=N–C) groups is 1. The highest BCUT2D eigenvalue weighted by atomic mass is 19.1. The summed E-state index contributed by atoms with van der Waals surface area (Å²) in [7, 11) is 0. The summed E-state index contributed by atoms with van der Waals surface area (Å²) in [4.78, 5) is 4.68. The fraction of sp³-hybridized carbons (Fsp3) is 0.611. The third-order valence-corrected chi connectivity index (χ3v) is 4.80. The van der Waals surface area contributed by atoms with Gasteiger partial charge in [-0.3, -0.25) is 4.99 Å². The van der Waals surface area contributed by atoms with E-state index >= 15 is 0 Å². The molecule has 3 N–H and O–H groups in total. The fourth-order valence-electron chi connectivity index (χ4n) is 2.88. The molecule has 0 radical (unpaired) electrons. The van der Waals surface area contributed by atoms with Gasteiger partial charge in [-0.05, 0) is 49.3 Å². The van der Waals surface area contributed by atoms with Crippen LogP contribution in [0.1, 0.15) is 51.2 Å². The molecule has 5 heteroatoms. The maximum atomic E-state index is 12.9. The van der Waals surface area contributed by atoms with Crippen molar-refractivity contribution in [1.29, 1.82) is 0 Å². The highest BCUT2D eigenvalue weighted by Gasteiger charge is 2.34. The first kappa shape index (κ1) is 17.7. The number of aliphatic hydroxyl groups is 1. The van der Waals surface area contributed by atoms with E-state index in [0.717, 1.165) is 25.5 Å². The van der Waals surface area contributed by atoms with Gasteiger partial charge in [-0.1, -0.05) is 25.5 Å². The summed E-state index contributed by atoms with van der Waals surface area (Å²) in [5.41, 5.74) is 1.07. The molecule has 1 saturated carbocycles. The Morgan fingerprint density at radius 3 is 2.48 bits per heavy atom. The SMILES string of the molecule is CCNC(=NCC1(CC)CCC1)NCC(O)c1ccc(F)cc1. The predicted molar refractivity (Wildman–Crippen MR) is 91.9 cm³/mol. The summed E-state index contributed by atoms with van der Waals surface area (Å²) in [6.07, 6.45) is 4.28. The number of aliphatic hydroxyl groups excluding tert-OH is 1. The normalized spacial score (nSPS) is 18.2. The monoisotopic (exact) mass is 321 g/mol. The molecule has 0 spiro atoms. The molecule has 1 aromatic rings. The van der Waals surface area contributed by atoms with Gasteiger partial charge in [0.2, 0.25) is 0 Å². The summed E-state index contributed by atoms with van der Waals surface area (Å²) in [5.74, 6) is 0.433. The Hall–Kier alpha value is -1.62. The van der Waals surface area contributed by atoms with E-state index < -0.39 is 6.10 Å². The lowest BCUT2D eigenvalue weighted by Crippen LogP contribution is -2.41. The van der Waals surface area contributed by atoms with Crippen LogP contribution in [-0.2, 0) is 0 Å². The van der Waals surface area contributed by atoms with Gasteiger partial charge in [0, 0.05) is 19.6 Å². The molecule has 0 saturated heterocycles. The number of benzene rings is 1. The van der Waals surface area contributed by atoms with E-state index in [0.29, 0.717) is 17.5 Å². The van der Waals surface area contributed by atoms with Crippen LogP contribution < -0.4 is 10.6 Å². The molecule has 128 valence electrons. The van der Waals surface area contributed by atoms with Crippen LogP contribution in [0, 0.1) is 11.2 Å². The predicted octanol–water partition coefficient (Wildman–Crippen LogP) is 2.99. The van der Waals surface area contributed by atoms with Gasteiger partial charge >= 0.3 is 0 Å². The van der Waals surface area contributed by atoms with E-state index in [1.807, 2.05) is 6.92 Å². The summed E-state index contributed by atoms with van der Waals surface area (Å²) >= 11 is 0. The number of hydrogen-bond acceptors (Lipinski definition) is 2. The Bertz CT molecular complexity index is 506. The Labute approximate surface area is 138 Å². The second-order valence-electron chi connectivity index (χ2n) is 6.35. The van der Waals surface area contributed by atoms with E-state index in [9.17, 15) is 9.50 Å². The largest absolute Gasteiger partial charge is 0.387 e. The molecule has 2 rings (SSSR count). The van der Waals surface area contributed by atoms with Crippen molar-refractivity contribution in [3.05, 3.63) is 35.6 Å². The van der Waals surface area contributed by atoms with Crippen molar-refractivity contribution in [2.75, 3.05) is 19.6 Å². The van der Waals surface area contributed by atoms with Gasteiger partial charge in [0.05, 0.1) is 6.10 Å². The van der Waals surface area contributed by atoms with E-state index in [4.69, 9.17) is 0 Å². The maximum absolute atomic E-state index is 12.9. The summed E-state index contributed by atoms with van der Waals surface area (Å²) in [6.45, 7) is 6.19. The molecule has 0 bridgehead atoms. The van der Waals surface area contributed by atoms with Crippen molar-refractivity contribution in [3.8, 4) is 0 Å². The van der Waals surface area contributed by atoms with Crippen LogP contribution in [0.2, 0.25) is 0 Å². The van der Waals surface area contributed by atoms with E-state index in [-0.39, 0.29) is 5.82 Å². The smallest absolute Gasteiger partial charge is 0.191 e. The molecule has 0 amide bonds. The summed E-state index contributed by atoms with van der Waals surface area (Å²) in [5, 5.41) is 16.6. The number of nitrogens with zero attached hydrogens (tertiary/aromatic N) is 1. The molecule has 1 fully saturated rings. The minimum Gasteiger partial charge on any atom is -0.387 e. The average molecular weight is 321 g/mol. The lowest BCUT2D eigenvalue weighted by Gasteiger charge is -2.40. The standard InChI is InChI=1S/C18H28FN3O/c1-3-18(10-5-11-18)13-22-17(20-4-2)21-12-16(23)14-6-8-15(19)9-7-14/h6-9,16,23H,3-5,10-13H2,1-2H3,(H2,20,21,22). The van der Waals surface area contributed by atoms with E-state index in [1.165, 1.54) is 31.4 Å². The molecule has 1 aliphatic rings. The molecule has 0 heterocycles. The number of hydrogen-bond donors (Lipinski definition) is 3. The van der Waals surface area contributed by atoms with Crippen molar-refractivity contribution in [2.45, 2.75) is 45.6 Å². The first-order valence-electron chi connectivity index (χ1n) is 8.54. The number of nitrogens with one attached hydrogen (secondary N) is 2. The average Bonchev–Trinajstić information content (AvgIpc) is 2.52. The lowest BCUT2D eigenvalue weighted by molar-refractivity contribution is 0.139. The first-order chi connectivity index (χ1) is 11.1. The Balaban J connectivity index is 1.89. The minimum atomic E-state index is -0.691. The molecule has 1 aliphatic carbocycles. The summed E-state index contributed by atoms with van der Waals surface area (Å²) < 4.78 is 12.9. The Morgan fingerprint density at radius 2 is 1.96 bits per heavy atom. The van der Waals surface area contributed by atoms with Gasteiger partial charge in [0.25, 0.3) is 0 Å². The van der Waals surface area contributed by atoms with Crippen molar-refractivity contribution in [2.24, 2.45) is 10.4 Å². The third-order valence-electron chi connectivity index (χ3n) is 4.80. The third kappa shape index (κ3) is 4.93. The fourth-order valence-corrected chi connectivity index (χ4v) is 2.88. The zero-order chi connectivity index (χ0) is 16.7. The van der Waals surface area contributed by atoms with Crippen LogP contribution >= 0.6 is 0 Å². The zero-order valence-corrected chi connectivity index (χ0v) is 14.1. The van der Waals surface area contributed by atoms with E-state index in [1.54, 1.807) is 12.1 Å². The van der Waals surface area contributed by atoms with Crippen LogP contribution in [0.15, 0.2) is 29.3 Å².